The number of hydrogen-bond acceptors (Lipinski definition) is 7. The van der Waals surface area contributed by atoms with Gasteiger partial charge in [-0.15, -0.1) is 0 Å². The third-order valence-corrected chi connectivity index (χ3v) is 7.89. The van der Waals surface area contributed by atoms with Crippen LogP contribution >= 0.6 is 0 Å². The Morgan fingerprint density at radius 1 is 1.22 bits per heavy atom. The Labute approximate surface area is 209 Å². The highest BCUT2D eigenvalue weighted by Gasteiger charge is 2.47. The predicted octanol–water partition coefficient (Wildman–Crippen LogP) is 4.26. The molecular weight excluding hydrogens is 470 g/mol. The van der Waals surface area contributed by atoms with Gasteiger partial charge in [0.1, 0.15) is 5.60 Å². The molecule has 36 heavy (non-hydrogen) atoms. The van der Waals surface area contributed by atoms with Crippen molar-refractivity contribution in [2.75, 3.05) is 36.5 Å². The summed E-state index contributed by atoms with van der Waals surface area (Å²) >= 11 is 0. The number of methoxy groups -OCH3 is 1. The van der Waals surface area contributed by atoms with Gasteiger partial charge in [-0.25, -0.2) is 8.78 Å². The predicted molar refractivity (Wildman–Crippen MR) is 130 cm³/mol. The van der Waals surface area contributed by atoms with Gasteiger partial charge in [0, 0.05) is 31.5 Å². The first-order valence-corrected chi connectivity index (χ1v) is 12.8. The molecule has 2 aromatic rings. The third-order valence-electron chi connectivity index (χ3n) is 7.89. The second kappa shape index (κ2) is 9.53. The fraction of sp³-hybridized carbons (Fsp3) is 0.615. The molecule has 1 aliphatic heterocycles. The summed E-state index contributed by atoms with van der Waals surface area (Å²) in [5.74, 6) is -0.972. The average Bonchev–Trinajstić information content (AvgIpc) is 3.22. The number of halogens is 2. The van der Waals surface area contributed by atoms with Gasteiger partial charge in [0.05, 0.1) is 25.7 Å². The van der Waals surface area contributed by atoms with Crippen LogP contribution in [0.1, 0.15) is 62.2 Å². The minimum atomic E-state index is -0.740. The number of aromatic nitrogens is 1. The molecule has 0 bridgehead atoms. The van der Waals surface area contributed by atoms with Crippen molar-refractivity contribution in [2.24, 2.45) is 17.6 Å². The lowest BCUT2D eigenvalue weighted by Gasteiger charge is -2.47. The molecule has 3 aliphatic rings. The van der Waals surface area contributed by atoms with Crippen molar-refractivity contribution in [3.8, 4) is 5.75 Å². The highest BCUT2D eigenvalue weighted by molar-refractivity contribution is 5.92. The van der Waals surface area contributed by atoms with Gasteiger partial charge >= 0.3 is 0 Å². The largest absolute Gasteiger partial charge is 0.484 e. The number of nitrogens with zero attached hydrogens (tertiary/aromatic N) is 3. The van der Waals surface area contributed by atoms with Gasteiger partial charge in [-0.05, 0) is 43.9 Å². The normalized spacial score (nSPS) is 23.8. The standard InChI is InChI=1S/C26H34F2N4O4/c1-4-6-31(17-10-19(27)23(20(28)11-17)35-18-8-15-7-16(15)9-18)12-21-22(24(29)33)30-25(36-21)32-13-26(5-2,14-32)34-3/h10-11,15-16,18H,4-9,12-14H2,1-3H3,(H2,29,33). The van der Waals surface area contributed by atoms with Crippen LogP contribution in [0, 0.1) is 23.5 Å². The summed E-state index contributed by atoms with van der Waals surface area (Å²) in [7, 11) is 1.67. The zero-order valence-electron chi connectivity index (χ0n) is 21.1. The zero-order valence-corrected chi connectivity index (χ0v) is 21.1. The van der Waals surface area contributed by atoms with E-state index in [0.717, 1.165) is 19.3 Å². The van der Waals surface area contributed by atoms with Crippen LogP contribution in [0.4, 0.5) is 20.5 Å². The Bertz CT molecular complexity index is 1090. The SMILES string of the molecule is CCCN(Cc1oc(N2CC(CC)(OC)C2)nc1C(N)=O)c1cc(F)c(OC2CC3CC3C2)c(F)c1. The van der Waals surface area contributed by atoms with Crippen molar-refractivity contribution in [3.05, 3.63) is 35.2 Å². The monoisotopic (exact) mass is 504 g/mol. The van der Waals surface area contributed by atoms with Gasteiger partial charge in [0.25, 0.3) is 11.9 Å². The molecule has 1 aromatic carbocycles. The van der Waals surface area contributed by atoms with Gasteiger partial charge < -0.3 is 29.4 Å². The smallest absolute Gasteiger partial charge is 0.298 e. The van der Waals surface area contributed by atoms with Crippen LogP contribution < -0.4 is 20.3 Å². The molecular formula is C26H34F2N4O4. The summed E-state index contributed by atoms with van der Waals surface area (Å²) in [6, 6.07) is 2.83. The molecule has 2 aliphatic carbocycles. The number of hydrogen-bond donors (Lipinski definition) is 1. The molecule has 8 nitrogen and oxygen atoms in total. The minimum absolute atomic E-state index is 0.0122. The summed E-state index contributed by atoms with van der Waals surface area (Å²) in [5.41, 5.74) is 5.65. The molecule has 2 heterocycles. The Balaban J connectivity index is 1.35. The highest BCUT2D eigenvalue weighted by atomic mass is 19.1. The van der Waals surface area contributed by atoms with Crippen LogP contribution in [0.3, 0.4) is 0 Å². The van der Waals surface area contributed by atoms with Crippen molar-refractivity contribution in [1.82, 2.24) is 4.98 Å². The summed E-state index contributed by atoms with van der Waals surface area (Å²) in [6.45, 7) is 5.73. The van der Waals surface area contributed by atoms with Crippen LogP contribution in [-0.4, -0.2) is 49.3 Å². The third kappa shape index (κ3) is 4.63. The molecule has 3 fully saturated rings. The lowest BCUT2D eigenvalue weighted by Crippen LogP contribution is -2.62. The van der Waals surface area contributed by atoms with E-state index in [-0.39, 0.29) is 41.5 Å². The van der Waals surface area contributed by atoms with Crippen molar-refractivity contribution >= 4 is 17.6 Å². The lowest BCUT2D eigenvalue weighted by molar-refractivity contribution is -0.0379. The maximum absolute atomic E-state index is 15.0. The van der Waals surface area contributed by atoms with Crippen molar-refractivity contribution in [2.45, 2.75) is 64.2 Å². The van der Waals surface area contributed by atoms with Crippen molar-refractivity contribution < 1.29 is 27.5 Å². The second-order valence-electron chi connectivity index (χ2n) is 10.4. The molecule has 1 amide bonds. The van der Waals surface area contributed by atoms with Gasteiger partial charge in [-0.2, -0.15) is 4.98 Å². The molecule has 0 spiro atoms. The fourth-order valence-electron chi connectivity index (χ4n) is 5.56. The first-order valence-electron chi connectivity index (χ1n) is 12.8. The first-order chi connectivity index (χ1) is 17.3. The fourth-order valence-corrected chi connectivity index (χ4v) is 5.56. The van der Waals surface area contributed by atoms with Crippen LogP contribution in [-0.2, 0) is 11.3 Å². The lowest BCUT2D eigenvalue weighted by atomic mass is 9.91. The zero-order chi connectivity index (χ0) is 25.6. The Hall–Kier alpha value is -2.88. The van der Waals surface area contributed by atoms with Gasteiger partial charge in [0.2, 0.25) is 0 Å². The molecule has 0 radical (unpaired) electrons. The number of fused-ring (bicyclic) bond motifs is 1. The molecule has 5 rings (SSSR count). The van der Waals surface area contributed by atoms with E-state index in [9.17, 15) is 4.79 Å². The maximum atomic E-state index is 15.0. The Kier molecular flexibility index (Phi) is 6.57. The molecule has 2 saturated carbocycles. The number of amides is 1. The minimum Gasteiger partial charge on any atom is -0.484 e. The number of carbonyl (C=O) groups excluding carboxylic acids is 1. The number of carbonyl (C=O) groups is 1. The highest BCUT2D eigenvalue weighted by Crippen LogP contribution is 2.52. The van der Waals surface area contributed by atoms with E-state index in [4.69, 9.17) is 19.6 Å². The molecule has 2 unspecified atom stereocenters. The van der Waals surface area contributed by atoms with Crippen LogP contribution in [0.2, 0.25) is 0 Å². The number of primary amides is 1. The van der Waals surface area contributed by atoms with E-state index in [1.165, 1.54) is 18.6 Å². The molecule has 1 aromatic heterocycles. The number of oxazole rings is 1. The summed E-state index contributed by atoms with van der Waals surface area (Å²) in [4.78, 5) is 20.1. The summed E-state index contributed by atoms with van der Waals surface area (Å²) < 4.78 is 47.3. The number of ether oxygens (including phenoxy) is 2. The number of anilines is 2. The van der Waals surface area contributed by atoms with Crippen LogP contribution in [0.25, 0.3) is 0 Å². The maximum Gasteiger partial charge on any atom is 0.298 e. The van der Waals surface area contributed by atoms with Gasteiger partial charge in [0.15, 0.2) is 28.8 Å². The summed E-state index contributed by atoms with van der Waals surface area (Å²) in [5, 5.41) is 0. The van der Waals surface area contributed by atoms with E-state index < -0.39 is 17.5 Å². The number of rotatable bonds is 11. The molecule has 196 valence electrons. The van der Waals surface area contributed by atoms with Gasteiger partial charge in [-0.1, -0.05) is 13.8 Å². The Morgan fingerprint density at radius 3 is 2.44 bits per heavy atom. The molecule has 2 atom stereocenters. The van der Waals surface area contributed by atoms with E-state index in [1.807, 2.05) is 18.7 Å². The van der Waals surface area contributed by atoms with E-state index in [2.05, 4.69) is 4.98 Å². The number of benzene rings is 1. The number of nitrogens with two attached hydrogens (primary N) is 1. The summed E-state index contributed by atoms with van der Waals surface area (Å²) in [6.07, 6.45) is 4.33. The molecule has 10 heteroatoms. The topological polar surface area (TPSA) is 94.1 Å². The van der Waals surface area contributed by atoms with E-state index in [0.29, 0.717) is 43.6 Å². The first kappa shape index (κ1) is 24.8. The molecule has 1 saturated heterocycles. The average molecular weight is 505 g/mol. The van der Waals surface area contributed by atoms with E-state index >= 15 is 8.78 Å². The van der Waals surface area contributed by atoms with Crippen molar-refractivity contribution in [3.63, 3.8) is 0 Å². The van der Waals surface area contributed by atoms with Crippen molar-refractivity contribution in [1.29, 1.82) is 0 Å². The Morgan fingerprint density at radius 2 is 1.89 bits per heavy atom. The molecule has 2 N–H and O–H groups in total. The van der Waals surface area contributed by atoms with E-state index in [1.54, 1.807) is 12.0 Å². The second-order valence-corrected chi connectivity index (χ2v) is 10.4. The van der Waals surface area contributed by atoms with Gasteiger partial charge in [-0.3, -0.25) is 4.79 Å². The van der Waals surface area contributed by atoms with Crippen LogP contribution in [0.5, 0.6) is 5.75 Å². The quantitative estimate of drug-likeness (QED) is 0.489. The van der Waals surface area contributed by atoms with Crippen LogP contribution in [0.15, 0.2) is 16.5 Å².